The summed E-state index contributed by atoms with van der Waals surface area (Å²) in [6.45, 7) is -0.877. The number of aliphatic hydroxyl groups is 4. The van der Waals surface area contributed by atoms with Crippen LogP contribution in [0.1, 0.15) is 101 Å². The maximum atomic E-state index is 14.8. The van der Waals surface area contributed by atoms with Crippen LogP contribution in [-0.4, -0.2) is 226 Å². The molecule has 0 spiro atoms. The van der Waals surface area contributed by atoms with Gasteiger partial charge in [-0.3, -0.25) is 62.5 Å². The minimum absolute atomic E-state index is 0.0203. The summed E-state index contributed by atoms with van der Waals surface area (Å²) in [6.07, 6.45) is -4.21. The third-order valence-electron chi connectivity index (χ3n) is 15.8. The fourth-order valence-corrected chi connectivity index (χ4v) is 12.8. The molecule has 0 aliphatic carbocycles. The Morgan fingerprint density at radius 3 is 1.91 bits per heavy atom. The van der Waals surface area contributed by atoms with Gasteiger partial charge < -0.3 is 111 Å². The summed E-state index contributed by atoms with van der Waals surface area (Å²) in [4.78, 5) is 168. The molecule has 2 aromatic rings. The van der Waals surface area contributed by atoms with Crippen LogP contribution in [0.5, 0.6) is 5.75 Å². The second-order valence-electron chi connectivity index (χ2n) is 23.5. The molecule has 3 heterocycles. The zero-order valence-electron chi connectivity index (χ0n) is 53.6. The Morgan fingerprint density at radius 1 is 0.670 bits per heavy atom. The predicted octanol–water partition coefficient (Wildman–Crippen LogP) is -5.66. The van der Waals surface area contributed by atoms with Gasteiger partial charge in [-0.2, -0.15) is 0 Å². The van der Waals surface area contributed by atoms with Crippen molar-refractivity contribution in [2.24, 2.45) is 39.4 Å². The van der Waals surface area contributed by atoms with Gasteiger partial charge in [0, 0.05) is 56.9 Å². The van der Waals surface area contributed by atoms with Gasteiger partial charge in [0.1, 0.15) is 72.5 Å². The van der Waals surface area contributed by atoms with E-state index in [4.69, 9.17) is 48.6 Å². The number of nitrogens with two attached hydrogens (primary N) is 6. The highest BCUT2D eigenvalue weighted by Crippen LogP contribution is 2.27. The quantitative estimate of drug-likeness (QED) is 0.00835. The van der Waals surface area contributed by atoms with E-state index in [0.29, 0.717) is 30.4 Å². The van der Waals surface area contributed by atoms with Crippen molar-refractivity contribution >= 4 is 98.5 Å². The van der Waals surface area contributed by atoms with Crippen LogP contribution >= 0.6 is 21.6 Å². The highest BCUT2D eigenvalue weighted by molar-refractivity contribution is 8.76. The van der Waals surface area contributed by atoms with Gasteiger partial charge in [-0.1, -0.05) is 89.7 Å². The van der Waals surface area contributed by atoms with Gasteiger partial charge in [0.2, 0.25) is 65.0 Å². The first-order valence-corrected chi connectivity index (χ1v) is 34.3. The lowest BCUT2D eigenvalue weighted by atomic mass is 9.99. The van der Waals surface area contributed by atoms with Gasteiger partial charge in [-0.15, -0.1) is 0 Å². The monoisotopic (exact) mass is 1400 g/mol. The molecule has 34 nitrogen and oxygen atoms in total. The molecular weight excluding hydrogens is 1310 g/mol. The number of hydrogen-bond acceptors (Lipinski definition) is 23. The first kappa shape index (κ1) is 79.5. The topological polar surface area (TPSA) is 569 Å². The van der Waals surface area contributed by atoms with Crippen molar-refractivity contribution in [1.29, 1.82) is 0 Å². The Hall–Kier alpha value is -8.23. The summed E-state index contributed by atoms with van der Waals surface area (Å²) < 4.78 is 16.5. The third-order valence-corrected chi connectivity index (χ3v) is 18.2. The first-order valence-electron chi connectivity index (χ1n) is 31.8. The van der Waals surface area contributed by atoms with E-state index in [9.17, 15) is 78.0 Å². The fraction of sp³-hybridized carbons (Fsp3) is 0.590. The molecule has 3 aliphatic rings. The molecule has 3 fully saturated rings. The Labute approximate surface area is 567 Å². The molecule has 3 saturated heterocycles. The summed E-state index contributed by atoms with van der Waals surface area (Å²) in [6, 6.07) is 2.63. The van der Waals surface area contributed by atoms with Gasteiger partial charge in [0.25, 0.3) is 0 Å². The third kappa shape index (κ3) is 27.3. The highest BCUT2D eigenvalue weighted by atomic mass is 33.1. The molecule has 0 radical (unpaired) electrons. The van der Waals surface area contributed by atoms with E-state index < -0.39 is 182 Å². The van der Waals surface area contributed by atoms with Gasteiger partial charge in [0.15, 0.2) is 12.2 Å². The standard InChI is InChI=1S/C61H91N15O19S2/c62-36-31-96-97-32-42(59(92)76-24-11-15-43(76)58(91)71-37(14-10-23-68-61(66)67)53(86)69-29-47(65)80)75-57(90)41(28-46(64)79)74-54(87)38(21-22-45(63)78)70-55(88)40(26-33-12-6-5-7-13-33)73-56(89)39(72-52(36)85)27-34-17-19-35(20-18-34)94-48(81)16-8-3-1-2-4-9-25-93-60-51(84)50(83)49(82)44(30-77)95-60/h5-7,12-13,17-20,36-44,49-51,60,77,82-84H,1-4,8-11,14-16,21-32,62H2,(H2,63,78)(H2,64,79)(H2,65,80)(H,69,86)(H,70,88)(H,71,91)(H,72,85)(H,73,89)(H,74,87)(H,75,90)(H4,66,67,68)/t36-,37-,38-,39-,40-,41-,42-,43-,44+,49+,50-,51-,60-/m0/s1. The molecule has 2 aromatic carbocycles. The van der Waals surface area contributed by atoms with Crippen molar-refractivity contribution < 1.29 is 92.2 Å². The lowest BCUT2D eigenvalue weighted by molar-refractivity contribution is -0.301. The second-order valence-corrected chi connectivity index (χ2v) is 26.0. The summed E-state index contributed by atoms with van der Waals surface area (Å²) in [5.41, 5.74) is 34.6. The smallest absolute Gasteiger partial charge is 0.311 e. The van der Waals surface area contributed by atoms with E-state index in [2.05, 4.69) is 42.2 Å². The number of amides is 11. The van der Waals surface area contributed by atoms with Crippen molar-refractivity contribution in [3.63, 3.8) is 0 Å². The zero-order valence-corrected chi connectivity index (χ0v) is 55.2. The van der Waals surface area contributed by atoms with E-state index in [1.54, 1.807) is 42.5 Å². The number of carbonyl (C=O) groups excluding carboxylic acids is 12. The Morgan fingerprint density at radius 2 is 1.27 bits per heavy atom. The van der Waals surface area contributed by atoms with Crippen LogP contribution in [0.4, 0.5) is 0 Å². The number of aliphatic hydroxyl groups excluding tert-OH is 4. The molecule has 5 rings (SSSR count). The van der Waals surface area contributed by atoms with Gasteiger partial charge in [0.05, 0.1) is 25.6 Å². The minimum atomic E-state index is -1.83. The predicted molar refractivity (Wildman–Crippen MR) is 352 cm³/mol. The average molecular weight is 1400 g/mol. The molecule has 0 unspecified atom stereocenters. The number of ether oxygens (including phenoxy) is 3. The number of guanidine groups is 1. The normalized spacial score (nSPS) is 24.9. The molecule has 11 amide bonds. The Kier molecular flexibility index (Phi) is 33.7. The van der Waals surface area contributed by atoms with E-state index in [0.717, 1.165) is 40.9 Å². The minimum Gasteiger partial charge on any atom is -0.427 e. The zero-order chi connectivity index (χ0) is 71.1. The van der Waals surface area contributed by atoms with E-state index >= 15 is 0 Å². The number of rotatable bonds is 31. The van der Waals surface area contributed by atoms with Crippen molar-refractivity contribution in [3.8, 4) is 5.75 Å². The van der Waals surface area contributed by atoms with Crippen molar-refractivity contribution in [3.05, 3.63) is 65.7 Å². The number of carbonyl (C=O) groups is 12. The lowest BCUT2D eigenvalue weighted by Gasteiger charge is -2.39. The van der Waals surface area contributed by atoms with E-state index in [-0.39, 0.29) is 87.9 Å². The van der Waals surface area contributed by atoms with Crippen LogP contribution in [0.3, 0.4) is 0 Å². The van der Waals surface area contributed by atoms with Gasteiger partial charge in [-0.05, 0) is 68.2 Å². The summed E-state index contributed by atoms with van der Waals surface area (Å²) in [7, 11) is 1.95. The first-order chi connectivity index (χ1) is 46.2. The van der Waals surface area contributed by atoms with Crippen LogP contribution < -0.4 is 76.4 Å². The molecule has 13 atom stereocenters. The fourth-order valence-electron chi connectivity index (χ4n) is 10.5. The van der Waals surface area contributed by atoms with Crippen LogP contribution in [0, 0.1) is 0 Å². The maximum Gasteiger partial charge on any atom is 0.311 e. The van der Waals surface area contributed by atoms with Crippen molar-refractivity contribution in [1.82, 2.24) is 42.1 Å². The number of esters is 1. The largest absolute Gasteiger partial charge is 0.427 e. The molecule has 536 valence electrons. The molecule has 36 heteroatoms. The summed E-state index contributed by atoms with van der Waals surface area (Å²) in [5.74, 6) is -11.2. The molecule has 3 aliphatic heterocycles. The van der Waals surface area contributed by atoms with Crippen molar-refractivity contribution in [2.45, 2.75) is 182 Å². The van der Waals surface area contributed by atoms with Crippen LogP contribution in [-0.2, 0) is 79.8 Å². The van der Waals surface area contributed by atoms with Crippen molar-refractivity contribution in [2.75, 3.05) is 44.4 Å². The molecule has 0 saturated carbocycles. The lowest BCUT2D eigenvalue weighted by Crippen LogP contribution is -2.61. The van der Waals surface area contributed by atoms with Crippen LogP contribution in [0.15, 0.2) is 59.6 Å². The number of benzene rings is 2. The average Bonchev–Trinajstić information content (AvgIpc) is 1.81. The Balaban J connectivity index is 1.34. The molecule has 0 bridgehead atoms. The number of unbranched alkanes of at least 4 members (excludes halogenated alkanes) is 5. The number of primary amides is 3. The summed E-state index contributed by atoms with van der Waals surface area (Å²) >= 11 is 0. The molecule has 0 aromatic heterocycles. The number of nitrogens with zero attached hydrogens (tertiary/aromatic N) is 2. The SMILES string of the molecule is NC(=O)CC[C@@H]1NC(=O)[C@H](Cc2ccccc2)NC(=O)[C@H](Cc2ccc(OC(=O)CCCCCCCCO[C@H]3O[C@H](CO)[C@@H](O)[C@H](O)[C@@H]3O)cc2)NC(=O)[C@@H](N)CSSC[C@@H](C(=O)N2CCC[C@H]2C(=O)N[C@@H](CCCN=C(N)N)C(=O)NCC(N)=O)NC(=O)[C@H](CC(N)=O)NC1=O. The maximum absolute atomic E-state index is 14.8. The van der Waals surface area contributed by atoms with Gasteiger partial charge >= 0.3 is 5.97 Å². The van der Waals surface area contributed by atoms with Crippen LogP contribution in [0.25, 0.3) is 0 Å². The summed E-state index contributed by atoms with van der Waals surface area (Å²) in [5, 5.41) is 57.3. The number of nitrogens with one attached hydrogen (secondary N) is 7. The van der Waals surface area contributed by atoms with E-state index in [1.165, 1.54) is 17.0 Å². The number of hydrogen-bond donors (Lipinski definition) is 17. The second kappa shape index (κ2) is 41.1. The van der Waals surface area contributed by atoms with Crippen LogP contribution in [0.2, 0.25) is 0 Å². The van der Waals surface area contributed by atoms with Gasteiger partial charge in [-0.25, -0.2) is 0 Å². The number of aliphatic imine (C=N–C) groups is 1. The molecule has 97 heavy (non-hydrogen) atoms. The van der Waals surface area contributed by atoms with E-state index in [1.807, 2.05) is 0 Å². The highest BCUT2D eigenvalue weighted by Gasteiger charge is 2.45. The number of likely N-dealkylation sites (tertiary alicyclic amines) is 1. The molecule has 23 N–H and O–H groups in total. The molecular formula is C61H91N15O19S2. The Bertz CT molecular complexity index is 3030.